The zero-order valence-corrected chi connectivity index (χ0v) is 21.1. The molecule has 8 nitrogen and oxygen atoms in total. The minimum absolute atomic E-state index is 0.0222. The highest BCUT2D eigenvalue weighted by Crippen LogP contribution is 2.34. The maximum absolute atomic E-state index is 13.5. The van der Waals surface area contributed by atoms with Crippen molar-refractivity contribution in [2.75, 3.05) is 53.6 Å². The molecular weight excluding hydrogens is 454 g/mol. The number of carbonyl (C=O) groups is 2. The molecule has 186 valence electrons. The van der Waals surface area contributed by atoms with Crippen molar-refractivity contribution in [1.82, 2.24) is 15.1 Å². The number of nitrogens with zero attached hydrogens (tertiary/aromatic N) is 2. The fourth-order valence-electron chi connectivity index (χ4n) is 3.99. The predicted octanol–water partition coefficient (Wildman–Crippen LogP) is 3.72. The Kier molecular flexibility index (Phi) is 10.0. The van der Waals surface area contributed by atoms with Crippen molar-refractivity contribution in [3.63, 3.8) is 0 Å². The van der Waals surface area contributed by atoms with E-state index in [2.05, 4.69) is 16.8 Å². The molecule has 0 bridgehead atoms. The van der Waals surface area contributed by atoms with Crippen molar-refractivity contribution in [2.45, 2.75) is 32.2 Å². The van der Waals surface area contributed by atoms with Crippen LogP contribution in [-0.4, -0.2) is 75.4 Å². The van der Waals surface area contributed by atoms with Gasteiger partial charge < -0.3 is 29.3 Å². The quantitative estimate of drug-likeness (QED) is 0.460. The Morgan fingerprint density at radius 2 is 2.06 bits per heavy atom. The molecule has 9 heteroatoms. The van der Waals surface area contributed by atoms with E-state index in [9.17, 15) is 9.59 Å². The van der Waals surface area contributed by atoms with E-state index < -0.39 is 0 Å². The standard InChI is InChI=1S/C25H35N3O5S/c1-4-11-26-25(30)27(12-6-14-31-2)17-24(29)28-13-9-23-21(10-15-34-23)22(28)18-33-20-8-5-7-19(16-20)32-3/h5,7-8,10,15-16,22H,4,6,9,11-14,17-18H2,1-3H3,(H,26,30)/t22-/m1/s1. The Morgan fingerprint density at radius 3 is 2.82 bits per heavy atom. The molecule has 0 saturated heterocycles. The lowest BCUT2D eigenvalue weighted by atomic mass is 10.0. The number of hydrogen-bond donors (Lipinski definition) is 1. The average Bonchev–Trinajstić information content (AvgIpc) is 3.34. The summed E-state index contributed by atoms with van der Waals surface area (Å²) >= 11 is 1.71. The van der Waals surface area contributed by atoms with Crippen LogP contribution in [0.4, 0.5) is 4.79 Å². The topological polar surface area (TPSA) is 80.3 Å². The first-order chi connectivity index (χ1) is 16.6. The molecule has 0 fully saturated rings. The van der Waals surface area contributed by atoms with Crippen LogP contribution in [0.5, 0.6) is 11.5 Å². The second-order valence-electron chi connectivity index (χ2n) is 8.14. The molecular formula is C25H35N3O5S. The summed E-state index contributed by atoms with van der Waals surface area (Å²) in [6.07, 6.45) is 2.31. The smallest absolute Gasteiger partial charge is 0.317 e. The summed E-state index contributed by atoms with van der Waals surface area (Å²) < 4.78 is 16.5. The zero-order valence-electron chi connectivity index (χ0n) is 20.2. The van der Waals surface area contributed by atoms with Gasteiger partial charge in [0.25, 0.3) is 0 Å². The number of nitrogens with one attached hydrogen (secondary N) is 1. The Balaban J connectivity index is 1.73. The first kappa shape index (κ1) is 25.8. The lowest BCUT2D eigenvalue weighted by Gasteiger charge is -2.37. The first-order valence-electron chi connectivity index (χ1n) is 11.7. The normalized spacial score (nSPS) is 14.9. The van der Waals surface area contributed by atoms with E-state index in [0.717, 1.165) is 24.2 Å². The van der Waals surface area contributed by atoms with Crippen molar-refractivity contribution in [3.05, 3.63) is 46.2 Å². The van der Waals surface area contributed by atoms with Crippen molar-refractivity contribution in [2.24, 2.45) is 0 Å². The summed E-state index contributed by atoms with van der Waals surface area (Å²) in [4.78, 5) is 30.9. The molecule has 0 aliphatic carbocycles. The molecule has 0 saturated carbocycles. The minimum atomic E-state index is -0.219. The Labute approximate surface area is 205 Å². The van der Waals surface area contributed by atoms with Crippen LogP contribution in [0.15, 0.2) is 35.7 Å². The molecule has 1 aliphatic rings. The summed E-state index contributed by atoms with van der Waals surface area (Å²) in [7, 11) is 3.25. The Hall–Kier alpha value is -2.78. The van der Waals surface area contributed by atoms with Crippen LogP contribution in [0.3, 0.4) is 0 Å². The maximum atomic E-state index is 13.5. The Bertz CT molecular complexity index is 935. The van der Waals surface area contributed by atoms with Crippen LogP contribution in [0.1, 0.15) is 36.2 Å². The fourth-order valence-corrected chi connectivity index (χ4v) is 4.92. The Morgan fingerprint density at radius 1 is 1.24 bits per heavy atom. The van der Waals surface area contributed by atoms with E-state index in [-0.39, 0.29) is 24.5 Å². The van der Waals surface area contributed by atoms with E-state index in [4.69, 9.17) is 14.2 Å². The number of hydrogen-bond acceptors (Lipinski definition) is 6. The number of amides is 3. The second-order valence-corrected chi connectivity index (χ2v) is 9.14. The fraction of sp³-hybridized carbons (Fsp3) is 0.520. The number of thiophene rings is 1. The van der Waals surface area contributed by atoms with Gasteiger partial charge >= 0.3 is 6.03 Å². The molecule has 3 amide bonds. The second kappa shape index (κ2) is 13.2. The average molecular weight is 490 g/mol. The molecule has 1 aliphatic heterocycles. The van der Waals surface area contributed by atoms with Crippen molar-refractivity contribution < 1.29 is 23.8 Å². The molecule has 1 N–H and O–H groups in total. The molecule has 3 rings (SSSR count). The number of urea groups is 1. The van der Waals surface area contributed by atoms with Crippen molar-refractivity contribution >= 4 is 23.3 Å². The van der Waals surface area contributed by atoms with Gasteiger partial charge in [-0.2, -0.15) is 0 Å². The monoisotopic (exact) mass is 489 g/mol. The largest absolute Gasteiger partial charge is 0.497 e. The number of ether oxygens (including phenoxy) is 3. The number of methoxy groups -OCH3 is 2. The van der Waals surface area contributed by atoms with Crippen LogP contribution < -0.4 is 14.8 Å². The van der Waals surface area contributed by atoms with E-state index in [1.165, 1.54) is 4.88 Å². The molecule has 1 aromatic carbocycles. The summed E-state index contributed by atoms with van der Waals surface area (Å²) in [6, 6.07) is 9.09. The summed E-state index contributed by atoms with van der Waals surface area (Å²) in [6.45, 7) is 4.51. The van der Waals surface area contributed by atoms with Crippen molar-refractivity contribution in [3.8, 4) is 11.5 Å². The minimum Gasteiger partial charge on any atom is -0.497 e. The van der Waals surface area contributed by atoms with Crippen LogP contribution in [0, 0.1) is 0 Å². The predicted molar refractivity (Wildman–Crippen MR) is 133 cm³/mol. The molecule has 34 heavy (non-hydrogen) atoms. The number of carbonyl (C=O) groups excluding carboxylic acids is 2. The SMILES string of the molecule is CCCNC(=O)N(CCCOC)CC(=O)N1CCc2sccc2[C@H]1COc1cccc(OC)c1. The van der Waals surface area contributed by atoms with Gasteiger partial charge in [-0.25, -0.2) is 4.79 Å². The highest BCUT2D eigenvalue weighted by Gasteiger charge is 2.33. The van der Waals surface area contributed by atoms with Gasteiger partial charge in [0.15, 0.2) is 0 Å². The van der Waals surface area contributed by atoms with Gasteiger partial charge in [0.1, 0.15) is 24.7 Å². The lowest BCUT2D eigenvalue weighted by molar-refractivity contribution is -0.135. The molecule has 2 aromatic rings. The van der Waals surface area contributed by atoms with Crippen LogP contribution in [0.2, 0.25) is 0 Å². The van der Waals surface area contributed by atoms with Gasteiger partial charge in [-0.05, 0) is 48.4 Å². The number of fused-ring (bicyclic) bond motifs is 1. The van der Waals surface area contributed by atoms with E-state index in [1.54, 1.807) is 30.5 Å². The van der Waals surface area contributed by atoms with Crippen molar-refractivity contribution in [1.29, 1.82) is 0 Å². The van der Waals surface area contributed by atoms with E-state index in [0.29, 0.717) is 45.0 Å². The van der Waals surface area contributed by atoms with Gasteiger partial charge in [0, 0.05) is 44.3 Å². The van der Waals surface area contributed by atoms with E-state index >= 15 is 0 Å². The summed E-state index contributed by atoms with van der Waals surface area (Å²) in [5.74, 6) is 1.32. The van der Waals surface area contributed by atoms with Gasteiger partial charge in [0.2, 0.25) is 5.91 Å². The maximum Gasteiger partial charge on any atom is 0.317 e. The van der Waals surface area contributed by atoms with Gasteiger partial charge in [-0.15, -0.1) is 11.3 Å². The van der Waals surface area contributed by atoms with Crippen LogP contribution in [0.25, 0.3) is 0 Å². The van der Waals surface area contributed by atoms with E-state index in [1.807, 2.05) is 36.1 Å². The molecule has 1 aromatic heterocycles. The molecule has 1 atom stereocenters. The third-order valence-corrected chi connectivity index (χ3v) is 6.78. The van der Waals surface area contributed by atoms with Crippen LogP contribution >= 0.6 is 11.3 Å². The molecule has 2 heterocycles. The first-order valence-corrected chi connectivity index (χ1v) is 12.6. The number of benzene rings is 1. The summed E-state index contributed by atoms with van der Waals surface area (Å²) in [5, 5.41) is 4.95. The third kappa shape index (κ3) is 6.87. The number of rotatable bonds is 12. The molecule has 0 unspecified atom stereocenters. The zero-order chi connectivity index (χ0) is 24.3. The highest BCUT2D eigenvalue weighted by atomic mass is 32.1. The van der Waals surface area contributed by atoms with Crippen LogP contribution in [-0.2, 0) is 16.0 Å². The highest BCUT2D eigenvalue weighted by molar-refractivity contribution is 7.10. The molecule has 0 radical (unpaired) electrons. The van der Waals surface area contributed by atoms with Gasteiger partial charge in [0.05, 0.1) is 13.2 Å². The van der Waals surface area contributed by atoms with Gasteiger partial charge in [-0.3, -0.25) is 4.79 Å². The molecule has 0 spiro atoms. The lowest BCUT2D eigenvalue weighted by Crippen LogP contribution is -2.50. The summed E-state index contributed by atoms with van der Waals surface area (Å²) in [5.41, 5.74) is 1.12. The third-order valence-electron chi connectivity index (χ3n) is 5.78. The van der Waals surface area contributed by atoms with Gasteiger partial charge in [-0.1, -0.05) is 13.0 Å².